The summed E-state index contributed by atoms with van der Waals surface area (Å²) in [5.41, 5.74) is 0.572. The quantitative estimate of drug-likeness (QED) is 0.881. The standard InChI is InChI=1S/C20H24N2O2/c1-2-22-14-8-9-16(22)15-21-20(23)18-12-6-7-13-19(18)24-17-10-4-3-5-11-17/h3-7,10-13,16H,2,8-9,14-15H2,1H3,(H,21,23)/t16-/m1/s1. The fourth-order valence-electron chi connectivity index (χ4n) is 3.21. The number of ether oxygens (including phenoxy) is 1. The van der Waals surface area contributed by atoms with Gasteiger partial charge in [0.05, 0.1) is 5.56 Å². The lowest BCUT2D eigenvalue weighted by atomic mass is 10.1. The van der Waals surface area contributed by atoms with Gasteiger partial charge in [-0.15, -0.1) is 0 Å². The number of amides is 1. The van der Waals surface area contributed by atoms with Crippen LogP contribution in [0.2, 0.25) is 0 Å². The van der Waals surface area contributed by atoms with Crippen molar-refractivity contribution in [3.05, 3.63) is 60.2 Å². The number of hydrogen-bond acceptors (Lipinski definition) is 3. The van der Waals surface area contributed by atoms with Gasteiger partial charge in [0.15, 0.2) is 0 Å². The van der Waals surface area contributed by atoms with E-state index in [4.69, 9.17) is 4.74 Å². The normalized spacial score (nSPS) is 17.6. The predicted octanol–water partition coefficient (Wildman–Crippen LogP) is 3.69. The highest BCUT2D eigenvalue weighted by Crippen LogP contribution is 2.25. The topological polar surface area (TPSA) is 41.6 Å². The molecule has 4 nitrogen and oxygen atoms in total. The van der Waals surface area contributed by atoms with Crippen molar-refractivity contribution in [2.45, 2.75) is 25.8 Å². The number of carbonyl (C=O) groups is 1. The second-order valence-corrected chi connectivity index (χ2v) is 6.05. The van der Waals surface area contributed by atoms with Crippen LogP contribution in [0.4, 0.5) is 0 Å². The van der Waals surface area contributed by atoms with Gasteiger partial charge < -0.3 is 10.1 Å². The molecule has 0 bridgehead atoms. The SMILES string of the molecule is CCN1CCC[C@@H]1CNC(=O)c1ccccc1Oc1ccccc1. The minimum absolute atomic E-state index is 0.0792. The van der Waals surface area contributed by atoms with Crippen molar-refractivity contribution in [3.8, 4) is 11.5 Å². The van der Waals surface area contributed by atoms with Crippen molar-refractivity contribution in [2.24, 2.45) is 0 Å². The predicted molar refractivity (Wildman–Crippen MR) is 95.6 cm³/mol. The van der Waals surface area contributed by atoms with Gasteiger partial charge in [0.2, 0.25) is 0 Å². The number of likely N-dealkylation sites (tertiary alicyclic amines) is 1. The lowest BCUT2D eigenvalue weighted by Crippen LogP contribution is -2.40. The Morgan fingerprint density at radius 2 is 1.92 bits per heavy atom. The van der Waals surface area contributed by atoms with E-state index in [2.05, 4.69) is 17.1 Å². The number of carbonyl (C=O) groups excluding carboxylic acids is 1. The van der Waals surface area contributed by atoms with Crippen molar-refractivity contribution in [2.75, 3.05) is 19.6 Å². The third kappa shape index (κ3) is 3.95. The van der Waals surface area contributed by atoms with Crippen LogP contribution >= 0.6 is 0 Å². The van der Waals surface area contributed by atoms with Crippen LogP contribution in [-0.4, -0.2) is 36.5 Å². The van der Waals surface area contributed by atoms with Crippen molar-refractivity contribution in [1.82, 2.24) is 10.2 Å². The van der Waals surface area contributed by atoms with Crippen molar-refractivity contribution >= 4 is 5.91 Å². The maximum atomic E-state index is 12.6. The Hall–Kier alpha value is -2.33. The van der Waals surface area contributed by atoms with E-state index in [9.17, 15) is 4.79 Å². The zero-order chi connectivity index (χ0) is 16.8. The molecule has 0 aromatic heterocycles. The first-order valence-corrected chi connectivity index (χ1v) is 8.62. The molecule has 0 aliphatic carbocycles. The summed E-state index contributed by atoms with van der Waals surface area (Å²) in [7, 11) is 0. The molecule has 126 valence electrons. The molecule has 0 saturated carbocycles. The van der Waals surface area contributed by atoms with E-state index in [1.807, 2.05) is 48.5 Å². The number of hydrogen-bond donors (Lipinski definition) is 1. The summed E-state index contributed by atoms with van der Waals surface area (Å²) >= 11 is 0. The van der Waals surface area contributed by atoms with Gasteiger partial charge in [-0.05, 0) is 50.2 Å². The van der Waals surface area contributed by atoms with Gasteiger partial charge in [0.25, 0.3) is 5.91 Å². The van der Waals surface area contributed by atoms with Crippen molar-refractivity contribution in [3.63, 3.8) is 0 Å². The summed E-state index contributed by atoms with van der Waals surface area (Å²) in [4.78, 5) is 15.0. The van der Waals surface area contributed by atoms with Crippen molar-refractivity contribution in [1.29, 1.82) is 0 Å². The zero-order valence-corrected chi connectivity index (χ0v) is 14.1. The van der Waals surface area contributed by atoms with E-state index in [1.165, 1.54) is 6.42 Å². The molecule has 24 heavy (non-hydrogen) atoms. The number of rotatable bonds is 6. The van der Waals surface area contributed by atoms with E-state index in [0.29, 0.717) is 23.9 Å². The van der Waals surface area contributed by atoms with Gasteiger partial charge in [-0.2, -0.15) is 0 Å². The largest absolute Gasteiger partial charge is 0.457 e. The molecule has 0 radical (unpaired) electrons. The molecule has 1 aliphatic rings. The van der Waals surface area contributed by atoms with Crippen LogP contribution < -0.4 is 10.1 Å². The summed E-state index contributed by atoms with van der Waals surface area (Å²) in [6.07, 6.45) is 2.36. The highest BCUT2D eigenvalue weighted by molar-refractivity contribution is 5.97. The number of likely N-dealkylation sites (N-methyl/N-ethyl adjacent to an activating group) is 1. The van der Waals surface area contributed by atoms with Crippen LogP contribution in [0.15, 0.2) is 54.6 Å². The smallest absolute Gasteiger partial charge is 0.255 e. The van der Waals surface area contributed by atoms with E-state index in [1.54, 1.807) is 6.07 Å². The molecule has 1 saturated heterocycles. The fraction of sp³-hybridized carbons (Fsp3) is 0.350. The number of nitrogens with zero attached hydrogens (tertiary/aromatic N) is 1. The van der Waals surface area contributed by atoms with Crippen LogP contribution in [0.1, 0.15) is 30.1 Å². The molecule has 4 heteroatoms. The monoisotopic (exact) mass is 324 g/mol. The fourth-order valence-corrected chi connectivity index (χ4v) is 3.21. The third-order valence-corrected chi connectivity index (χ3v) is 4.51. The first-order valence-electron chi connectivity index (χ1n) is 8.62. The average Bonchev–Trinajstić information content (AvgIpc) is 3.08. The first-order chi connectivity index (χ1) is 11.8. The lowest BCUT2D eigenvalue weighted by Gasteiger charge is -2.23. The lowest BCUT2D eigenvalue weighted by molar-refractivity contribution is 0.0939. The van der Waals surface area contributed by atoms with Gasteiger partial charge >= 0.3 is 0 Å². The van der Waals surface area contributed by atoms with Crippen LogP contribution in [0.25, 0.3) is 0 Å². The molecule has 0 spiro atoms. The van der Waals surface area contributed by atoms with Crippen molar-refractivity contribution < 1.29 is 9.53 Å². The highest BCUT2D eigenvalue weighted by Gasteiger charge is 2.23. The Morgan fingerprint density at radius 1 is 1.17 bits per heavy atom. The summed E-state index contributed by atoms with van der Waals surface area (Å²) in [6, 6.07) is 17.3. The Morgan fingerprint density at radius 3 is 2.71 bits per heavy atom. The maximum Gasteiger partial charge on any atom is 0.255 e. The van der Waals surface area contributed by atoms with E-state index in [-0.39, 0.29) is 5.91 Å². The first kappa shape index (κ1) is 16.5. The molecule has 1 heterocycles. The Labute approximate surface area is 143 Å². The van der Waals surface area contributed by atoms with Gasteiger partial charge in [0, 0.05) is 12.6 Å². The molecule has 2 aromatic carbocycles. The molecule has 1 aliphatic heterocycles. The van der Waals surface area contributed by atoms with Crippen LogP contribution in [0.5, 0.6) is 11.5 Å². The minimum Gasteiger partial charge on any atom is -0.457 e. The number of nitrogens with one attached hydrogen (secondary N) is 1. The Balaban J connectivity index is 1.66. The molecule has 2 aromatic rings. The molecular weight excluding hydrogens is 300 g/mol. The molecule has 1 fully saturated rings. The Bertz CT molecular complexity index is 672. The number of benzene rings is 2. The highest BCUT2D eigenvalue weighted by atomic mass is 16.5. The van der Waals surface area contributed by atoms with Crippen LogP contribution in [0, 0.1) is 0 Å². The molecule has 0 unspecified atom stereocenters. The summed E-state index contributed by atoms with van der Waals surface area (Å²) in [5, 5.41) is 3.07. The minimum atomic E-state index is -0.0792. The van der Waals surface area contributed by atoms with Gasteiger partial charge in [-0.25, -0.2) is 0 Å². The van der Waals surface area contributed by atoms with E-state index in [0.717, 1.165) is 25.3 Å². The number of para-hydroxylation sites is 2. The van der Waals surface area contributed by atoms with E-state index >= 15 is 0 Å². The third-order valence-electron chi connectivity index (χ3n) is 4.51. The molecule has 3 rings (SSSR count). The van der Waals surface area contributed by atoms with Gasteiger partial charge in [0.1, 0.15) is 11.5 Å². The van der Waals surface area contributed by atoms with Crippen LogP contribution in [0.3, 0.4) is 0 Å². The van der Waals surface area contributed by atoms with Gasteiger partial charge in [-0.3, -0.25) is 9.69 Å². The Kier molecular flexibility index (Phi) is 5.49. The molecule has 1 atom stereocenters. The summed E-state index contributed by atoms with van der Waals surface area (Å²) in [5.74, 6) is 1.23. The summed E-state index contributed by atoms with van der Waals surface area (Å²) < 4.78 is 5.87. The summed E-state index contributed by atoms with van der Waals surface area (Å²) in [6.45, 7) is 5.02. The zero-order valence-electron chi connectivity index (χ0n) is 14.1. The van der Waals surface area contributed by atoms with Gasteiger partial charge in [-0.1, -0.05) is 37.3 Å². The van der Waals surface area contributed by atoms with E-state index < -0.39 is 0 Å². The van der Waals surface area contributed by atoms with Crippen LogP contribution in [-0.2, 0) is 0 Å². The molecular formula is C20H24N2O2. The average molecular weight is 324 g/mol. The molecule has 1 amide bonds. The second kappa shape index (κ2) is 7.97. The molecule has 1 N–H and O–H groups in total. The maximum absolute atomic E-state index is 12.6. The second-order valence-electron chi connectivity index (χ2n) is 6.05.